The van der Waals surface area contributed by atoms with Crippen molar-refractivity contribution in [3.63, 3.8) is 0 Å². The molecule has 1 N–H and O–H groups in total. The van der Waals surface area contributed by atoms with E-state index in [0.29, 0.717) is 19.5 Å². The number of fused-ring (bicyclic) bond motifs is 1. The minimum Gasteiger partial charge on any atom is -0.480 e. The molecule has 1 aromatic heterocycles. The lowest BCUT2D eigenvalue weighted by atomic mass is 10.2. The average Bonchev–Trinajstić information content (AvgIpc) is 2.86. The molecule has 0 unspecified atom stereocenters. The lowest BCUT2D eigenvalue weighted by Gasteiger charge is -2.23. The number of carboxylic acids is 1. The molecule has 5 heteroatoms. The second kappa shape index (κ2) is 7.11. The number of carboxylic acid groups (broad SMARTS) is 1. The summed E-state index contributed by atoms with van der Waals surface area (Å²) in [5, 5.41) is 10.1. The molecule has 5 nitrogen and oxygen atoms in total. The predicted octanol–water partition coefficient (Wildman–Crippen LogP) is 2.60. The van der Waals surface area contributed by atoms with Crippen LogP contribution in [0.1, 0.15) is 20.3 Å². The number of nitrogens with zero attached hydrogens (tertiary/aromatic N) is 2. The van der Waals surface area contributed by atoms with Crippen LogP contribution in [0.3, 0.4) is 0 Å². The molecule has 1 amide bonds. The van der Waals surface area contributed by atoms with Crippen molar-refractivity contribution in [3.05, 3.63) is 36.5 Å². The molecule has 0 aliphatic rings. The highest BCUT2D eigenvalue weighted by Gasteiger charge is 2.17. The Kier molecular flexibility index (Phi) is 5.20. The number of rotatable bonds is 7. The van der Waals surface area contributed by atoms with Gasteiger partial charge in [0.1, 0.15) is 6.54 Å². The Morgan fingerprint density at radius 1 is 1.23 bits per heavy atom. The number of amides is 1. The second-order valence-electron chi connectivity index (χ2n) is 5.88. The van der Waals surface area contributed by atoms with Crippen molar-refractivity contribution in [2.24, 2.45) is 5.92 Å². The van der Waals surface area contributed by atoms with Crippen molar-refractivity contribution >= 4 is 22.8 Å². The zero-order valence-corrected chi connectivity index (χ0v) is 13.0. The number of aromatic nitrogens is 1. The van der Waals surface area contributed by atoms with Gasteiger partial charge in [-0.15, -0.1) is 0 Å². The third-order valence-electron chi connectivity index (χ3n) is 3.51. The predicted molar refractivity (Wildman–Crippen MR) is 85.6 cm³/mol. The van der Waals surface area contributed by atoms with Gasteiger partial charge in [0.15, 0.2) is 0 Å². The first-order chi connectivity index (χ1) is 10.5. The van der Waals surface area contributed by atoms with Gasteiger partial charge < -0.3 is 14.6 Å². The van der Waals surface area contributed by atoms with Gasteiger partial charge in [-0.1, -0.05) is 32.0 Å². The Bertz CT molecular complexity index is 661. The Balaban J connectivity index is 2.02. The molecule has 2 aromatic rings. The molecule has 1 heterocycles. The summed E-state index contributed by atoms with van der Waals surface area (Å²) in [6, 6.07) is 10.0. The van der Waals surface area contributed by atoms with E-state index < -0.39 is 5.97 Å². The summed E-state index contributed by atoms with van der Waals surface area (Å²) >= 11 is 0. The van der Waals surface area contributed by atoms with E-state index >= 15 is 0 Å². The van der Waals surface area contributed by atoms with E-state index in [1.807, 2.05) is 54.9 Å². The molecular weight excluding hydrogens is 280 g/mol. The molecule has 0 saturated carbocycles. The fourth-order valence-corrected chi connectivity index (χ4v) is 2.57. The number of hydrogen-bond donors (Lipinski definition) is 1. The van der Waals surface area contributed by atoms with Crippen LogP contribution in [0.15, 0.2) is 36.5 Å². The van der Waals surface area contributed by atoms with Gasteiger partial charge in [-0.25, -0.2) is 0 Å². The molecule has 1 aromatic carbocycles. The van der Waals surface area contributed by atoms with Gasteiger partial charge >= 0.3 is 5.97 Å². The Morgan fingerprint density at radius 3 is 2.64 bits per heavy atom. The van der Waals surface area contributed by atoms with Crippen molar-refractivity contribution in [2.75, 3.05) is 13.1 Å². The van der Waals surface area contributed by atoms with E-state index in [2.05, 4.69) is 0 Å². The van der Waals surface area contributed by atoms with Gasteiger partial charge in [0.25, 0.3) is 0 Å². The first-order valence-electron chi connectivity index (χ1n) is 7.51. The average molecular weight is 302 g/mol. The largest absolute Gasteiger partial charge is 0.480 e. The van der Waals surface area contributed by atoms with Crippen LogP contribution in [0.4, 0.5) is 0 Å². The summed E-state index contributed by atoms with van der Waals surface area (Å²) < 4.78 is 2.03. The highest BCUT2D eigenvalue weighted by atomic mass is 16.4. The maximum absolute atomic E-state index is 12.3. The fourth-order valence-electron chi connectivity index (χ4n) is 2.57. The van der Waals surface area contributed by atoms with Crippen molar-refractivity contribution < 1.29 is 14.7 Å². The number of carbonyl (C=O) groups is 2. The number of hydrogen-bond acceptors (Lipinski definition) is 2. The van der Waals surface area contributed by atoms with Crippen LogP contribution in [0.2, 0.25) is 0 Å². The molecule has 118 valence electrons. The summed E-state index contributed by atoms with van der Waals surface area (Å²) in [5.74, 6) is -0.843. The highest BCUT2D eigenvalue weighted by molar-refractivity contribution is 5.82. The quantitative estimate of drug-likeness (QED) is 0.855. The number of para-hydroxylation sites is 1. The van der Waals surface area contributed by atoms with Crippen molar-refractivity contribution in [1.82, 2.24) is 9.47 Å². The third-order valence-corrected chi connectivity index (χ3v) is 3.51. The monoisotopic (exact) mass is 302 g/mol. The minimum atomic E-state index is -0.972. The molecule has 0 bridgehead atoms. The number of carbonyl (C=O) groups excluding carboxylic acids is 1. The fraction of sp³-hybridized carbons (Fsp3) is 0.412. The van der Waals surface area contributed by atoms with Gasteiger partial charge in [-0.05, 0) is 23.4 Å². The SMILES string of the molecule is CC(C)CN(CC(=O)O)C(=O)CCn1ccc2ccccc21. The number of benzene rings is 1. The van der Waals surface area contributed by atoms with Gasteiger partial charge in [0, 0.05) is 31.2 Å². The highest BCUT2D eigenvalue weighted by Crippen LogP contribution is 2.15. The lowest BCUT2D eigenvalue weighted by molar-refractivity contribution is -0.144. The summed E-state index contributed by atoms with van der Waals surface area (Å²) in [6.45, 7) is 4.74. The minimum absolute atomic E-state index is 0.117. The zero-order valence-electron chi connectivity index (χ0n) is 13.0. The summed E-state index contributed by atoms with van der Waals surface area (Å²) in [4.78, 5) is 24.6. The first-order valence-corrected chi connectivity index (χ1v) is 7.51. The van der Waals surface area contributed by atoms with Gasteiger partial charge in [-0.3, -0.25) is 9.59 Å². The second-order valence-corrected chi connectivity index (χ2v) is 5.88. The van der Waals surface area contributed by atoms with Gasteiger partial charge in [0.2, 0.25) is 5.91 Å². The van der Waals surface area contributed by atoms with Gasteiger partial charge in [0.05, 0.1) is 0 Å². The van der Waals surface area contributed by atoms with Crippen LogP contribution in [0.5, 0.6) is 0 Å². The van der Waals surface area contributed by atoms with Crippen LogP contribution < -0.4 is 0 Å². The van der Waals surface area contributed by atoms with E-state index in [0.717, 1.165) is 10.9 Å². The van der Waals surface area contributed by atoms with E-state index in [9.17, 15) is 9.59 Å². The van der Waals surface area contributed by atoms with E-state index in [1.165, 1.54) is 4.90 Å². The molecule has 0 aliphatic heterocycles. The smallest absolute Gasteiger partial charge is 0.323 e. The van der Waals surface area contributed by atoms with Crippen LogP contribution in [-0.2, 0) is 16.1 Å². The van der Waals surface area contributed by atoms with Crippen molar-refractivity contribution in [3.8, 4) is 0 Å². The standard InChI is InChI=1S/C17H22N2O3/c1-13(2)11-19(12-17(21)22)16(20)8-10-18-9-7-14-5-3-4-6-15(14)18/h3-7,9,13H,8,10-12H2,1-2H3,(H,21,22). The van der Waals surface area contributed by atoms with E-state index in [-0.39, 0.29) is 18.4 Å². The Labute approximate surface area is 130 Å². The van der Waals surface area contributed by atoms with Crippen LogP contribution in [0, 0.1) is 5.92 Å². The van der Waals surface area contributed by atoms with Gasteiger partial charge in [-0.2, -0.15) is 0 Å². The normalized spacial score (nSPS) is 11.0. The first kappa shape index (κ1) is 16.1. The maximum atomic E-state index is 12.3. The van der Waals surface area contributed by atoms with Crippen LogP contribution in [0.25, 0.3) is 10.9 Å². The molecule has 2 rings (SSSR count). The summed E-state index contributed by atoms with van der Waals surface area (Å²) in [6.07, 6.45) is 2.26. The Morgan fingerprint density at radius 2 is 1.95 bits per heavy atom. The van der Waals surface area contributed by atoms with Crippen LogP contribution in [-0.4, -0.2) is 39.5 Å². The zero-order chi connectivity index (χ0) is 16.1. The van der Waals surface area contributed by atoms with E-state index in [1.54, 1.807) is 0 Å². The molecule has 0 radical (unpaired) electrons. The molecule has 0 atom stereocenters. The molecule has 0 spiro atoms. The summed E-state index contributed by atoms with van der Waals surface area (Å²) in [5.41, 5.74) is 1.09. The van der Waals surface area contributed by atoms with Crippen LogP contribution >= 0.6 is 0 Å². The number of aryl methyl sites for hydroxylation is 1. The molecule has 22 heavy (non-hydrogen) atoms. The molecule has 0 fully saturated rings. The molecule has 0 aliphatic carbocycles. The summed E-state index contributed by atoms with van der Waals surface area (Å²) in [7, 11) is 0. The lowest BCUT2D eigenvalue weighted by Crippen LogP contribution is -2.38. The van der Waals surface area contributed by atoms with E-state index in [4.69, 9.17) is 5.11 Å². The third kappa shape index (κ3) is 4.10. The van der Waals surface area contributed by atoms with Crippen molar-refractivity contribution in [2.45, 2.75) is 26.8 Å². The Hall–Kier alpha value is -2.30. The topological polar surface area (TPSA) is 62.5 Å². The maximum Gasteiger partial charge on any atom is 0.323 e. The number of aliphatic carboxylic acids is 1. The molecule has 0 saturated heterocycles. The van der Waals surface area contributed by atoms with Crippen molar-refractivity contribution in [1.29, 1.82) is 0 Å². The molecular formula is C17H22N2O3.